The molecule has 1 aliphatic rings. The lowest BCUT2D eigenvalue weighted by Crippen LogP contribution is -2.41. The first-order chi connectivity index (χ1) is 7.53. The molecule has 0 amide bonds. The molecule has 16 heavy (non-hydrogen) atoms. The lowest BCUT2D eigenvalue weighted by Gasteiger charge is -2.17. The number of allylic oxidation sites excluding steroid dienone is 1. The highest BCUT2D eigenvalue weighted by Gasteiger charge is 2.10. The number of sulfone groups is 1. The molecule has 0 aromatic carbocycles. The van der Waals surface area contributed by atoms with Gasteiger partial charge in [0.1, 0.15) is 15.7 Å². The fourth-order valence-corrected chi connectivity index (χ4v) is 1.94. The maximum atomic E-state index is 10.9. The van der Waals surface area contributed by atoms with Gasteiger partial charge in [-0.15, -0.1) is 0 Å². The van der Waals surface area contributed by atoms with E-state index in [1.165, 1.54) is 11.8 Å². The number of rotatable bonds is 4. The SMILES string of the molecule is C/C=C1/CCCN=C1NNCCS(C)(=O)=O. The molecule has 0 radical (unpaired) electrons. The zero-order valence-electron chi connectivity index (χ0n) is 9.78. The highest BCUT2D eigenvalue weighted by Crippen LogP contribution is 2.11. The Balaban J connectivity index is 2.35. The van der Waals surface area contributed by atoms with Gasteiger partial charge in [0.05, 0.1) is 5.75 Å². The van der Waals surface area contributed by atoms with Crippen LogP contribution in [0.15, 0.2) is 16.6 Å². The van der Waals surface area contributed by atoms with Crippen LogP contribution in [0.25, 0.3) is 0 Å². The summed E-state index contributed by atoms with van der Waals surface area (Å²) in [5.41, 5.74) is 7.02. The van der Waals surface area contributed by atoms with Gasteiger partial charge < -0.3 is 5.43 Å². The number of nitrogens with one attached hydrogen (secondary N) is 2. The van der Waals surface area contributed by atoms with Crippen molar-refractivity contribution >= 4 is 15.7 Å². The molecular weight excluding hydrogens is 226 g/mol. The first kappa shape index (κ1) is 13.2. The molecule has 5 nitrogen and oxygen atoms in total. The molecule has 0 unspecified atom stereocenters. The van der Waals surface area contributed by atoms with Gasteiger partial charge in [0.2, 0.25) is 0 Å². The van der Waals surface area contributed by atoms with E-state index < -0.39 is 9.84 Å². The van der Waals surface area contributed by atoms with Gasteiger partial charge in [-0.05, 0) is 25.3 Å². The number of amidine groups is 1. The first-order valence-corrected chi connectivity index (χ1v) is 7.45. The topological polar surface area (TPSA) is 70.6 Å². The zero-order chi connectivity index (χ0) is 12.0. The zero-order valence-corrected chi connectivity index (χ0v) is 10.6. The number of aliphatic imine (C=N–C) groups is 1. The van der Waals surface area contributed by atoms with E-state index in [1.54, 1.807) is 0 Å². The smallest absolute Gasteiger partial charge is 0.148 e. The summed E-state index contributed by atoms with van der Waals surface area (Å²) in [5, 5.41) is 0. The fraction of sp³-hybridized carbons (Fsp3) is 0.700. The maximum Gasteiger partial charge on any atom is 0.148 e. The normalized spacial score (nSPS) is 19.6. The number of nitrogens with zero attached hydrogens (tertiary/aromatic N) is 1. The van der Waals surface area contributed by atoms with Crippen molar-refractivity contribution in [2.45, 2.75) is 19.8 Å². The molecule has 1 rings (SSSR count). The van der Waals surface area contributed by atoms with Gasteiger partial charge in [-0.2, -0.15) is 0 Å². The fourth-order valence-electron chi connectivity index (χ4n) is 1.46. The van der Waals surface area contributed by atoms with Crippen molar-refractivity contribution in [2.24, 2.45) is 4.99 Å². The summed E-state index contributed by atoms with van der Waals surface area (Å²) in [4.78, 5) is 4.34. The van der Waals surface area contributed by atoms with Crippen molar-refractivity contribution in [3.05, 3.63) is 11.6 Å². The summed E-state index contributed by atoms with van der Waals surface area (Å²) in [7, 11) is -2.90. The minimum Gasteiger partial charge on any atom is -0.306 e. The van der Waals surface area contributed by atoms with Crippen LogP contribution < -0.4 is 10.9 Å². The van der Waals surface area contributed by atoms with E-state index >= 15 is 0 Å². The molecule has 0 atom stereocenters. The Hall–Kier alpha value is -0.880. The van der Waals surface area contributed by atoms with E-state index in [2.05, 4.69) is 15.8 Å². The summed E-state index contributed by atoms with van der Waals surface area (Å²) in [5.74, 6) is 0.959. The number of hydrogen-bond acceptors (Lipinski definition) is 5. The Bertz CT molecular complexity index is 385. The largest absolute Gasteiger partial charge is 0.306 e. The highest BCUT2D eigenvalue weighted by atomic mass is 32.2. The van der Waals surface area contributed by atoms with E-state index in [-0.39, 0.29) is 5.75 Å². The summed E-state index contributed by atoms with van der Waals surface area (Å²) in [6.07, 6.45) is 5.36. The second-order valence-electron chi connectivity index (χ2n) is 3.83. The van der Waals surface area contributed by atoms with Gasteiger partial charge in [0.15, 0.2) is 0 Å². The molecule has 0 spiro atoms. The molecule has 1 heterocycles. The van der Waals surface area contributed by atoms with Crippen LogP contribution in [0.3, 0.4) is 0 Å². The third-order valence-corrected chi connectivity index (χ3v) is 3.28. The third-order valence-electron chi connectivity index (χ3n) is 2.33. The molecule has 0 aromatic heterocycles. The Morgan fingerprint density at radius 1 is 1.50 bits per heavy atom. The molecule has 0 fully saturated rings. The van der Waals surface area contributed by atoms with Crippen LogP contribution >= 0.6 is 0 Å². The minimum atomic E-state index is -2.90. The second-order valence-corrected chi connectivity index (χ2v) is 6.09. The van der Waals surface area contributed by atoms with Gasteiger partial charge >= 0.3 is 0 Å². The van der Waals surface area contributed by atoms with Gasteiger partial charge in [-0.25, -0.2) is 13.8 Å². The van der Waals surface area contributed by atoms with Crippen molar-refractivity contribution in [1.29, 1.82) is 0 Å². The predicted octanol–water partition coefficient (Wildman–Crippen LogP) is 0.264. The highest BCUT2D eigenvalue weighted by molar-refractivity contribution is 7.90. The van der Waals surface area contributed by atoms with Crippen LogP contribution in [0.2, 0.25) is 0 Å². The van der Waals surface area contributed by atoms with Gasteiger partial charge in [0, 0.05) is 19.3 Å². The monoisotopic (exact) mass is 245 g/mol. The third kappa shape index (κ3) is 4.76. The molecule has 0 saturated carbocycles. The van der Waals surface area contributed by atoms with Crippen molar-refractivity contribution in [3.8, 4) is 0 Å². The van der Waals surface area contributed by atoms with E-state index in [0.29, 0.717) is 6.54 Å². The molecule has 0 bridgehead atoms. The minimum absolute atomic E-state index is 0.123. The van der Waals surface area contributed by atoms with Crippen molar-refractivity contribution < 1.29 is 8.42 Å². The number of hydrazine groups is 1. The van der Waals surface area contributed by atoms with Crippen molar-refractivity contribution in [2.75, 3.05) is 25.1 Å². The van der Waals surface area contributed by atoms with Crippen LogP contribution in [-0.4, -0.2) is 39.4 Å². The van der Waals surface area contributed by atoms with Gasteiger partial charge in [-0.1, -0.05) is 6.08 Å². The second kappa shape index (κ2) is 6.00. The lowest BCUT2D eigenvalue weighted by molar-refractivity contribution is 0.592. The van der Waals surface area contributed by atoms with E-state index in [4.69, 9.17) is 0 Å². The van der Waals surface area contributed by atoms with Gasteiger partial charge in [0.25, 0.3) is 0 Å². The quantitative estimate of drug-likeness (QED) is 0.551. The van der Waals surface area contributed by atoms with Gasteiger partial charge in [-0.3, -0.25) is 4.99 Å². The van der Waals surface area contributed by atoms with Crippen LogP contribution in [0, 0.1) is 0 Å². The molecule has 0 aromatic rings. The lowest BCUT2D eigenvalue weighted by atomic mass is 10.1. The predicted molar refractivity (Wildman–Crippen MR) is 66.1 cm³/mol. The molecule has 0 saturated heterocycles. The molecular formula is C10H19N3O2S. The van der Waals surface area contributed by atoms with E-state index in [0.717, 1.165) is 25.2 Å². The maximum absolute atomic E-state index is 10.9. The molecule has 6 heteroatoms. The van der Waals surface area contributed by atoms with Crippen molar-refractivity contribution in [3.63, 3.8) is 0 Å². The Labute approximate surface area is 96.9 Å². The Kier molecular flexibility index (Phi) is 4.95. The Morgan fingerprint density at radius 3 is 2.88 bits per heavy atom. The van der Waals surface area contributed by atoms with E-state index in [1.807, 2.05) is 13.0 Å². The standard InChI is InChI=1S/C10H19N3O2S/c1-3-9-5-4-6-11-10(9)13-12-7-8-16(2,14)15/h3,12H,4-8H2,1-2H3,(H,11,13)/b9-3-. The van der Waals surface area contributed by atoms with Crippen LogP contribution in [0.4, 0.5) is 0 Å². The summed E-state index contributed by atoms with van der Waals surface area (Å²) in [6.45, 7) is 3.19. The summed E-state index contributed by atoms with van der Waals surface area (Å²) < 4.78 is 21.8. The average molecular weight is 245 g/mol. The number of hydrogen-bond donors (Lipinski definition) is 2. The van der Waals surface area contributed by atoms with Crippen LogP contribution in [-0.2, 0) is 9.84 Å². The molecule has 0 aliphatic carbocycles. The van der Waals surface area contributed by atoms with E-state index in [9.17, 15) is 8.42 Å². The summed E-state index contributed by atoms with van der Waals surface area (Å²) >= 11 is 0. The molecule has 1 aliphatic heterocycles. The molecule has 92 valence electrons. The van der Waals surface area contributed by atoms with Crippen LogP contribution in [0.5, 0.6) is 0 Å². The average Bonchev–Trinajstić information content (AvgIpc) is 2.23. The molecule has 2 N–H and O–H groups in total. The summed E-state index contributed by atoms with van der Waals surface area (Å²) in [6, 6.07) is 0. The van der Waals surface area contributed by atoms with Crippen molar-refractivity contribution in [1.82, 2.24) is 10.9 Å². The first-order valence-electron chi connectivity index (χ1n) is 5.39. The Morgan fingerprint density at radius 2 is 2.25 bits per heavy atom. The van der Waals surface area contributed by atoms with Crippen LogP contribution in [0.1, 0.15) is 19.8 Å².